The fourth-order valence-electron chi connectivity index (χ4n) is 2.64. The van der Waals surface area contributed by atoms with E-state index in [4.69, 9.17) is 0 Å². The second-order valence-electron chi connectivity index (χ2n) is 5.78. The molecule has 1 aromatic carbocycles. The minimum atomic E-state index is -0.822. The zero-order valence-electron chi connectivity index (χ0n) is 11.6. The number of aryl methyl sites for hydroxylation is 1. The van der Waals surface area contributed by atoms with Gasteiger partial charge in [-0.1, -0.05) is 22.0 Å². The van der Waals surface area contributed by atoms with Crippen molar-refractivity contribution in [1.82, 2.24) is 4.90 Å². The highest BCUT2D eigenvalue weighted by Gasteiger charge is 2.37. The van der Waals surface area contributed by atoms with Crippen LogP contribution in [0.3, 0.4) is 0 Å². The van der Waals surface area contributed by atoms with Crippen molar-refractivity contribution in [2.75, 3.05) is 7.05 Å². The molecule has 1 atom stereocenters. The first kappa shape index (κ1) is 14.5. The third-order valence-corrected chi connectivity index (χ3v) is 4.82. The molecule has 3 nitrogen and oxygen atoms in total. The Morgan fingerprint density at radius 1 is 1.42 bits per heavy atom. The number of carboxylic acid groups (broad SMARTS) is 1. The Morgan fingerprint density at radius 2 is 2.11 bits per heavy atom. The predicted molar refractivity (Wildman–Crippen MR) is 79.4 cm³/mol. The van der Waals surface area contributed by atoms with Crippen LogP contribution in [0.1, 0.15) is 31.4 Å². The van der Waals surface area contributed by atoms with Crippen LogP contribution in [-0.2, 0) is 17.6 Å². The molecule has 0 fully saturated rings. The van der Waals surface area contributed by atoms with Crippen molar-refractivity contribution in [3.63, 3.8) is 0 Å². The van der Waals surface area contributed by atoms with Crippen LogP contribution in [0.2, 0.25) is 0 Å². The van der Waals surface area contributed by atoms with Gasteiger partial charge in [-0.2, -0.15) is 0 Å². The molecule has 19 heavy (non-hydrogen) atoms. The zero-order valence-corrected chi connectivity index (χ0v) is 13.2. The number of carboxylic acids is 1. The summed E-state index contributed by atoms with van der Waals surface area (Å²) in [5.74, 6) is -0.767. The smallest absolute Gasteiger partial charge is 0.323 e. The maximum Gasteiger partial charge on any atom is 0.323 e. The van der Waals surface area contributed by atoms with E-state index in [1.807, 2.05) is 11.9 Å². The number of carbonyl (C=O) groups is 1. The zero-order chi connectivity index (χ0) is 14.2. The Balaban J connectivity index is 2.18. The molecule has 0 heterocycles. The standard InChI is InChI=1S/C15H20BrNO2/c1-15(2,14(18)19)17(3)13-7-5-10-8-12(16)6-4-11(10)9-13/h4,6,8,13H,5,7,9H2,1-3H3,(H,18,19). The Hall–Kier alpha value is -0.870. The SMILES string of the molecule is CN(C1CCc2cc(Br)ccc2C1)C(C)(C)C(=O)O. The van der Waals surface area contributed by atoms with E-state index in [0.29, 0.717) is 6.04 Å². The number of rotatable bonds is 3. The molecule has 1 aromatic rings. The van der Waals surface area contributed by atoms with Crippen molar-refractivity contribution in [1.29, 1.82) is 0 Å². The molecule has 0 saturated carbocycles. The van der Waals surface area contributed by atoms with Gasteiger partial charge in [0, 0.05) is 10.5 Å². The van der Waals surface area contributed by atoms with Gasteiger partial charge in [-0.25, -0.2) is 0 Å². The van der Waals surface area contributed by atoms with Crippen LogP contribution in [0.15, 0.2) is 22.7 Å². The van der Waals surface area contributed by atoms with Crippen molar-refractivity contribution in [2.24, 2.45) is 0 Å². The lowest BCUT2D eigenvalue weighted by molar-refractivity contribution is -0.150. The van der Waals surface area contributed by atoms with Gasteiger partial charge in [-0.05, 0) is 63.4 Å². The number of fused-ring (bicyclic) bond motifs is 1. The van der Waals surface area contributed by atoms with E-state index in [1.165, 1.54) is 11.1 Å². The summed E-state index contributed by atoms with van der Waals surface area (Å²) in [5, 5.41) is 9.33. The lowest BCUT2D eigenvalue weighted by atomic mass is 9.86. The molecule has 0 amide bonds. The molecule has 104 valence electrons. The molecule has 1 aliphatic carbocycles. The fraction of sp³-hybridized carbons (Fsp3) is 0.533. The molecular formula is C15H20BrNO2. The highest BCUT2D eigenvalue weighted by molar-refractivity contribution is 9.10. The lowest BCUT2D eigenvalue weighted by Gasteiger charge is -2.40. The summed E-state index contributed by atoms with van der Waals surface area (Å²) in [7, 11) is 1.92. The van der Waals surface area contributed by atoms with Crippen LogP contribution in [0.25, 0.3) is 0 Å². The fourth-order valence-corrected chi connectivity index (χ4v) is 3.05. The first-order valence-electron chi connectivity index (χ1n) is 6.56. The van der Waals surface area contributed by atoms with Gasteiger partial charge < -0.3 is 5.11 Å². The summed E-state index contributed by atoms with van der Waals surface area (Å²) in [4.78, 5) is 13.3. The number of likely N-dealkylation sites (N-methyl/N-ethyl adjacent to an activating group) is 1. The molecule has 1 N–H and O–H groups in total. The Morgan fingerprint density at radius 3 is 2.74 bits per heavy atom. The minimum Gasteiger partial charge on any atom is -0.480 e. The van der Waals surface area contributed by atoms with Crippen molar-refractivity contribution in [3.8, 4) is 0 Å². The number of nitrogens with zero attached hydrogens (tertiary/aromatic N) is 1. The third kappa shape index (κ3) is 2.84. The molecule has 4 heteroatoms. The van der Waals surface area contributed by atoms with E-state index in [-0.39, 0.29) is 0 Å². The molecule has 1 unspecified atom stereocenters. The minimum absolute atomic E-state index is 0.291. The van der Waals surface area contributed by atoms with Gasteiger partial charge in [0.05, 0.1) is 0 Å². The van der Waals surface area contributed by atoms with Gasteiger partial charge >= 0.3 is 5.97 Å². The van der Waals surface area contributed by atoms with Crippen LogP contribution < -0.4 is 0 Å². The molecule has 0 radical (unpaired) electrons. The molecular weight excluding hydrogens is 306 g/mol. The first-order valence-corrected chi connectivity index (χ1v) is 7.35. The highest BCUT2D eigenvalue weighted by atomic mass is 79.9. The quantitative estimate of drug-likeness (QED) is 0.928. The summed E-state index contributed by atoms with van der Waals surface area (Å²) >= 11 is 3.50. The van der Waals surface area contributed by atoms with E-state index < -0.39 is 11.5 Å². The summed E-state index contributed by atoms with van der Waals surface area (Å²) in [6.07, 6.45) is 2.95. The molecule has 2 rings (SSSR count). The number of hydrogen-bond donors (Lipinski definition) is 1. The second kappa shape index (κ2) is 5.25. The topological polar surface area (TPSA) is 40.5 Å². The molecule has 0 saturated heterocycles. The summed E-state index contributed by atoms with van der Waals surface area (Å²) in [6, 6.07) is 6.67. The maximum absolute atomic E-state index is 11.3. The monoisotopic (exact) mass is 325 g/mol. The van der Waals surface area contributed by atoms with Gasteiger partial charge in [-0.15, -0.1) is 0 Å². The summed E-state index contributed by atoms with van der Waals surface area (Å²) in [5.41, 5.74) is 1.90. The van der Waals surface area contributed by atoms with E-state index in [9.17, 15) is 9.90 Å². The van der Waals surface area contributed by atoms with Gasteiger partial charge in [0.25, 0.3) is 0 Å². The Labute approximate surface area is 122 Å². The predicted octanol–water partition coefficient (Wildman–Crippen LogP) is 3.10. The largest absolute Gasteiger partial charge is 0.480 e. The van der Waals surface area contributed by atoms with E-state index in [2.05, 4.69) is 34.1 Å². The van der Waals surface area contributed by atoms with Gasteiger partial charge in [0.15, 0.2) is 0 Å². The van der Waals surface area contributed by atoms with Crippen LogP contribution in [0, 0.1) is 0 Å². The molecule has 1 aliphatic rings. The molecule has 0 bridgehead atoms. The van der Waals surface area contributed by atoms with Crippen molar-refractivity contribution in [3.05, 3.63) is 33.8 Å². The van der Waals surface area contributed by atoms with E-state index in [1.54, 1.807) is 13.8 Å². The average Bonchev–Trinajstić information content (AvgIpc) is 2.37. The van der Waals surface area contributed by atoms with Gasteiger partial charge in [-0.3, -0.25) is 9.69 Å². The van der Waals surface area contributed by atoms with Crippen LogP contribution in [-0.4, -0.2) is 34.6 Å². The van der Waals surface area contributed by atoms with Crippen LogP contribution >= 0.6 is 15.9 Å². The summed E-state index contributed by atoms with van der Waals surface area (Å²) < 4.78 is 1.11. The first-order chi connectivity index (χ1) is 8.82. The molecule has 0 spiro atoms. The summed E-state index contributed by atoms with van der Waals surface area (Å²) in [6.45, 7) is 3.54. The molecule has 0 aliphatic heterocycles. The number of aliphatic carboxylic acids is 1. The van der Waals surface area contributed by atoms with Crippen molar-refractivity contribution < 1.29 is 9.90 Å². The second-order valence-corrected chi connectivity index (χ2v) is 6.70. The number of hydrogen-bond acceptors (Lipinski definition) is 2. The average molecular weight is 326 g/mol. The van der Waals surface area contributed by atoms with E-state index in [0.717, 1.165) is 23.7 Å². The third-order valence-electron chi connectivity index (χ3n) is 4.32. The van der Waals surface area contributed by atoms with Gasteiger partial charge in [0.1, 0.15) is 5.54 Å². The maximum atomic E-state index is 11.3. The van der Waals surface area contributed by atoms with Crippen LogP contribution in [0.5, 0.6) is 0 Å². The molecule has 0 aromatic heterocycles. The van der Waals surface area contributed by atoms with Crippen LogP contribution in [0.4, 0.5) is 0 Å². The van der Waals surface area contributed by atoms with Crippen molar-refractivity contribution >= 4 is 21.9 Å². The van der Waals surface area contributed by atoms with Gasteiger partial charge in [0.2, 0.25) is 0 Å². The Kier molecular flexibility index (Phi) is 4.02. The Bertz CT molecular complexity index is 499. The number of halogens is 1. The van der Waals surface area contributed by atoms with Crippen molar-refractivity contribution in [2.45, 2.75) is 44.7 Å². The lowest BCUT2D eigenvalue weighted by Crippen LogP contribution is -2.54. The highest BCUT2D eigenvalue weighted by Crippen LogP contribution is 2.29. The number of benzene rings is 1. The normalized spacial score (nSPS) is 19.3. The van der Waals surface area contributed by atoms with E-state index >= 15 is 0 Å².